The van der Waals surface area contributed by atoms with Crippen LogP contribution in [0.1, 0.15) is 29.8 Å². The molecule has 3 aromatic rings. The zero-order chi connectivity index (χ0) is 19.9. The van der Waals surface area contributed by atoms with E-state index in [9.17, 15) is 4.79 Å². The van der Waals surface area contributed by atoms with Gasteiger partial charge in [-0.15, -0.1) is 0 Å². The summed E-state index contributed by atoms with van der Waals surface area (Å²) in [6.45, 7) is 4.44. The summed E-state index contributed by atoms with van der Waals surface area (Å²) in [4.78, 5) is 12.4. The topological polar surface area (TPSA) is 65.4 Å². The van der Waals surface area contributed by atoms with Gasteiger partial charge in [0.1, 0.15) is 0 Å². The number of benzene rings is 2. The minimum absolute atomic E-state index is 0.0354. The Balaban J connectivity index is 1.55. The first-order valence-corrected chi connectivity index (χ1v) is 9.28. The first-order valence-electron chi connectivity index (χ1n) is 9.28. The molecule has 1 N–H and O–H groups in total. The fourth-order valence-corrected chi connectivity index (χ4v) is 2.82. The molecule has 0 spiro atoms. The molecule has 1 amide bonds. The fraction of sp³-hybridized carbons (Fsp3) is 0.273. The summed E-state index contributed by atoms with van der Waals surface area (Å²) >= 11 is 0. The lowest BCUT2D eigenvalue weighted by Gasteiger charge is -2.14. The van der Waals surface area contributed by atoms with Crippen LogP contribution in [0.5, 0.6) is 11.5 Å². The predicted octanol–water partition coefficient (Wildman–Crippen LogP) is 3.64. The third-order valence-corrected chi connectivity index (χ3v) is 4.19. The summed E-state index contributed by atoms with van der Waals surface area (Å²) in [5.41, 5.74) is 2.70. The van der Waals surface area contributed by atoms with Crippen LogP contribution in [-0.2, 0) is 6.42 Å². The maximum atomic E-state index is 12.4. The van der Waals surface area contributed by atoms with E-state index in [4.69, 9.17) is 9.47 Å². The number of ether oxygens (including phenoxy) is 2. The fourth-order valence-electron chi connectivity index (χ4n) is 2.82. The minimum Gasteiger partial charge on any atom is -0.493 e. The molecule has 0 aliphatic carbocycles. The summed E-state index contributed by atoms with van der Waals surface area (Å²) in [6, 6.07) is 15.2. The number of carbonyl (C=O) groups excluding carboxylic acids is 1. The number of rotatable bonds is 8. The Morgan fingerprint density at radius 2 is 1.93 bits per heavy atom. The molecule has 0 atom stereocenters. The first-order chi connectivity index (χ1) is 13.6. The van der Waals surface area contributed by atoms with Crippen molar-refractivity contribution < 1.29 is 14.3 Å². The van der Waals surface area contributed by atoms with E-state index < -0.39 is 0 Å². The highest BCUT2D eigenvalue weighted by atomic mass is 16.5. The summed E-state index contributed by atoms with van der Waals surface area (Å²) < 4.78 is 12.8. The lowest BCUT2D eigenvalue weighted by molar-refractivity contribution is 0.0953. The molecule has 28 heavy (non-hydrogen) atoms. The summed E-state index contributed by atoms with van der Waals surface area (Å²) in [5.74, 6) is 1.05. The van der Waals surface area contributed by atoms with Gasteiger partial charge in [0.15, 0.2) is 11.5 Å². The Morgan fingerprint density at radius 3 is 2.57 bits per heavy atom. The van der Waals surface area contributed by atoms with Gasteiger partial charge in [0, 0.05) is 24.5 Å². The number of aromatic nitrogens is 2. The maximum Gasteiger partial charge on any atom is 0.251 e. The van der Waals surface area contributed by atoms with Crippen LogP contribution in [0.25, 0.3) is 5.69 Å². The normalized spacial score (nSPS) is 10.7. The first kappa shape index (κ1) is 19.5. The Hall–Kier alpha value is -3.28. The van der Waals surface area contributed by atoms with Gasteiger partial charge in [0.2, 0.25) is 0 Å². The second-order valence-electron chi connectivity index (χ2n) is 6.66. The van der Waals surface area contributed by atoms with Crippen molar-refractivity contribution in [1.82, 2.24) is 15.1 Å². The molecule has 0 saturated carbocycles. The highest BCUT2D eigenvalue weighted by Gasteiger charge is 2.12. The number of carbonyl (C=O) groups is 1. The highest BCUT2D eigenvalue weighted by Crippen LogP contribution is 2.28. The average Bonchev–Trinajstić information content (AvgIpc) is 3.23. The summed E-state index contributed by atoms with van der Waals surface area (Å²) in [6.07, 6.45) is 4.44. The lowest BCUT2D eigenvalue weighted by Crippen LogP contribution is -2.25. The minimum atomic E-state index is -0.137. The molecule has 0 fully saturated rings. The third-order valence-electron chi connectivity index (χ3n) is 4.19. The zero-order valence-electron chi connectivity index (χ0n) is 16.4. The molecule has 6 nitrogen and oxygen atoms in total. The molecule has 0 aliphatic heterocycles. The van der Waals surface area contributed by atoms with Crippen molar-refractivity contribution in [2.45, 2.75) is 26.4 Å². The van der Waals surface area contributed by atoms with Gasteiger partial charge in [0.25, 0.3) is 5.91 Å². The average molecular weight is 379 g/mol. The molecule has 6 heteroatoms. The Bertz CT molecular complexity index is 903. The molecule has 0 aliphatic rings. The molecule has 1 aromatic heterocycles. The SMILES string of the molecule is COc1cc(C(=O)NCCc2ccc(-n3cccn3)cc2)ccc1OC(C)C. The quantitative estimate of drug-likeness (QED) is 0.649. The summed E-state index contributed by atoms with van der Waals surface area (Å²) in [7, 11) is 1.57. The van der Waals surface area contributed by atoms with Crippen LogP contribution in [0.2, 0.25) is 0 Å². The highest BCUT2D eigenvalue weighted by molar-refractivity contribution is 5.94. The van der Waals surface area contributed by atoms with Crippen molar-refractivity contribution in [1.29, 1.82) is 0 Å². The van der Waals surface area contributed by atoms with Gasteiger partial charge < -0.3 is 14.8 Å². The third kappa shape index (κ3) is 4.91. The maximum absolute atomic E-state index is 12.4. The number of hydrogen-bond acceptors (Lipinski definition) is 4. The van der Waals surface area contributed by atoms with E-state index in [1.807, 2.05) is 55.1 Å². The molecule has 0 radical (unpaired) electrons. The van der Waals surface area contributed by atoms with Crippen LogP contribution >= 0.6 is 0 Å². The molecule has 146 valence electrons. The van der Waals surface area contributed by atoms with Crippen LogP contribution in [0.4, 0.5) is 0 Å². The molecule has 2 aromatic carbocycles. The van der Waals surface area contributed by atoms with Gasteiger partial charge in [-0.05, 0) is 62.2 Å². The van der Waals surface area contributed by atoms with Crippen LogP contribution in [0.15, 0.2) is 60.9 Å². The van der Waals surface area contributed by atoms with E-state index in [1.54, 1.807) is 31.5 Å². The van der Waals surface area contributed by atoms with Gasteiger partial charge in [-0.25, -0.2) is 4.68 Å². The molecule has 1 heterocycles. The molecule has 0 unspecified atom stereocenters. The monoisotopic (exact) mass is 379 g/mol. The van der Waals surface area contributed by atoms with Gasteiger partial charge in [-0.1, -0.05) is 12.1 Å². The van der Waals surface area contributed by atoms with Crippen LogP contribution in [-0.4, -0.2) is 35.4 Å². The van der Waals surface area contributed by atoms with Crippen molar-refractivity contribution in [2.75, 3.05) is 13.7 Å². The molecule has 0 bridgehead atoms. The van der Waals surface area contributed by atoms with Crippen LogP contribution in [0, 0.1) is 0 Å². The van der Waals surface area contributed by atoms with E-state index in [-0.39, 0.29) is 12.0 Å². The van der Waals surface area contributed by atoms with Crippen molar-refractivity contribution in [3.63, 3.8) is 0 Å². The number of nitrogens with zero attached hydrogens (tertiary/aromatic N) is 2. The van der Waals surface area contributed by atoms with Crippen molar-refractivity contribution in [3.05, 3.63) is 72.1 Å². The molecular formula is C22H25N3O3. The van der Waals surface area contributed by atoms with Crippen molar-refractivity contribution in [2.24, 2.45) is 0 Å². The lowest BCUT2D eigenvalue weighted by atomic mass is 10.1. The number of methoxy groups -OCH3 is 1. The Labute approximate surface area is 165 Å². The van der Waals surface area contributed by atoms with E-state index in [0.29, 0.717) is 23.6 Å². The van der Waals surface area contributed by atoms with Gasteiger partial charge >= 0.3 is 0 Å². The molecule has 0 saturated heterocycles. The predicted molar refractivity (Wildman–Crippen MR) is 108 cm³/mol. The van der Waals surface area contributed by atoms with Gasteiger partial charge in [0.05, 0.1) is 18.9 Å². The number of amides is 1. The molecule has 3 rings (SSSR count). The largest absolute Gasteiger partial charge is 0.493 e. The zero-order valence-corrected chi connectivity index (χ0v) is 16.4. The van der Waals surface area contributed by atoms with E-state index >= 15 is 0 Å². The van der Waals surface area contributed by atoms with Crippen LogP contribution in [0.3, 0.4) is 0 Å². The Kier molecular flexibility index (Phi) is 6.32. The van der Waals surface area contributed by atoms with Crippen molar-refractivity contribution >= 4 is 5.91 Å². The standard InChI is InChI=1S/C22H25N3O3/c1-16(2)28-20-10-7-18(15-21(20)27-3)22(26)23-13-11-17-5-8-19(9-6-17)25-14-4-12-24-25/h4-10,12,14-16H,11,13H2,1-3H3,(H,23,26). The number of nitrogens with one attached hydrogen (secondary N) is 1. The smallest absolute Gasteiger partial charge is 0.251 e. The van der Waals surface area contributed by atoms with Crippen LogP contribution < -0.4 is 14.8 Å². The second kappa shape index (κ2) is 9.08. The summed E-state index contributed by atoms with van der Waals surface area (Å²) in [5, 5.41) is 7.16. The van der Waals surface area contributed by atoms with Gasteiger partial charge in [-0.2, -0.15) is 5.10 Å². The van der Waals surface area contributed by atoms with Crippen molar-refractivity contribution in [3.8, 4) is 17.2 Å². The second-order valence-corrected chi connectivity index (χ2v) is 6.66. The van der Waals surface area contributed by atoms with E-state index in [2.05, 4.69) is 10.4 Å². The van der Waals surface area contributed by atoms with Gasteiger partial charge in [-0.3, -0.25) is 4.79 Å². The van der Waals surface area contributed by atoms with E-state index in [1.165, 1.54) is 0 Å². The molecular weight excluding hydrogens is 354 g/mol. The van der Waals surface area contributed by atoms with E-state index in [0.717, 1.165) is 17.7 Å². The number of hydrogen-bond donors (Lipinski definition) is 1. The Morgan fingerprint density at radius 1 is 1.14 bits per heavy atom.